The van der Waals surface area contributed by atoms with E-state index in [-0.39, 0.29) is 31.0 Å². The number of piperidine rings is 1. The van der Waals surface area contributed by atoms with E-state index in [0.717, 1.165) is 41.7 Å². The molecule has 4 rings (SSSR count). The smallest absolute Gasteiger partial charge is 0.262 e. The van der Waals surface area contributed by atoms with E-state index in [1.54, 1.807) is 22.0 Å². The number of rotatable bonds is 12. The molecule has 0 saturated carbocycles. The SMILES string of the molecule is C=CCC.CN(C)CCCN1N=C2CCC(C(=O)N(COCCS(C)(C)C)c3cccc(Cl)c3)CN2CC1=O.Clc1ccccc1. The number of hydrazone groups is 1. The van der Waals surface area contributed by atoms with Gasteiger partial charge in [-0.05, 0) is 89.0 Å². The van der Waals surface area contributed by atoms with Crippen LogP contribution in [-0.2, 0) is 14.3 Å². The molecule has 1 fully saturated rings. The first-order valence-electron chi connectivity index (χ1n) is 15.7. The molecule has 0 N–H and O–H groups in total. The van der Waals surface area contributed by atoms with E-state index in [2.05, 4.69) is 42.3 Å². The van der Waals surface area contributed by atoms with Crippen LogP contribution in [0.15, 0.2) is 72.4 Å². The number of ether oxygens (including phenoxy) is 1. The number of hydrogen-bond acceptors (Lipinski definition) is 6. The van der Waals surface area contributed by atoms with Crippen molar-refractivity contribution in [3.8, 4) is 0 Å². The van der Waals surface area contributed by atoms with Crippen molar-refractivity contribution in [1.82, 2.24) is 14.8 Å². The van der Waals surface area contributed by atoms with Gasteiger partial charge in [0.05, 0.1) is 12.5 Å². The van der Waals surface area contributed by atoms with Gasteiger partial charge in [-0.3, -0.25) is 14.5 Å². The summed E-state index contributed by atoms with van der Waals surface area (Å²) in [7, 11) is 3.37. The van der Waals surface area contributed by atoms with Gasteiger partial charge in [0.1, 0.15) is 19.1 Å². The van der Waals surface area contributed by atoms with Gasteiger partial charge in [0.15, 0.2) is 0 Å². The maximum Gasteiger partial charge on any atom is 0.262 e. The highest BCUT2D eigenvalue weighted by atomic mass is 35.5. The lowest BCUT2D eigenvalue weighted by molar-refractivity contribution is -0.134. The molecule has 0 aliphatic carbocycles. The highest BCUT2D eigenvalue weighted by molar-refractivity contribution is 8.32. The summed E-state index contributed by atoms with van der Waals surface area (Å²) in [4.78, 5) is 32.1. The molecule has 1 saturated heterocycles. The molecule has 0 spiro atoms. The number of carbonyl (C=O) groups excluding carboxylic acids is 2. The third kappa shape index (κ3) is 14.9. The molecule has 256 valence electrons. The molecule has 1 atom stereocenters. The van der Waals surface area contributed by atoms with Crippen molar-refractivity contribution in [2.75, 3.05) is 83.0 Å². The van der Waals surface area contributed by atoms with Crippen LogP contribution in [-0.4, -0.2) is 111 Å². The maximum atomic E-state index is 13.7. The monoisotopic (exact) mass is 693 g/mol. The first-order chi connectivity index (χ1) is 21.8. The van der Waals surface area contributed by atoms with Gasteiger partial charge in [0.25, 0.3) is 5.91 Å². The van der Waals surface area contributed by atoms with Crippen molar-refractivity contribution in [2.24, 2.45) is 11.0 Å². The van der Waals surface area contributed by atoms with E-state index in [0.29, 0.717) is 37.6 Å². The van der Waals surface area contributed by atoms with Crippen molar-refractivity contribution in [3.05, 3.63) is 77.3 Å². The van der Waals surface area contributed by atoms with Crippen molar-refractivity contribution < 1.29 is 14.3 Å². The minimum absolute atomic E-state index is 0.00437. The fourth-order valence-electron chi connectivity index (χ4n) is 4.56. The molecule has 11 heteroatoms. The van der Waals surface area contributed by atoms with Crippen LogP contribution >= 0.6 is 33.2 Å². The molecule has 1 unspecified atom stereocenters. The Balaban J connectivity index is 0.000000566. The summed E-state index contributed by atoms with van der Waals surface area (Å²) in [6, 6.07) is 16.8. The number of fused-ring (bicyclic) bond motifs is 1. The van der Waals surface area contributed by atoms with Crippen LogP contribution in [0.5, 0.6) is 0 Å². The highest BCUT2D eigenvalue weighted by Gasteiger charge is 2.36. The molecule has 0 bridgehead atoms. The van der Waals surface area contributed by atoms with Crippen LogP contribution in [0.4, 0.5) is 5.69 Å². The Morgan fingerprint density at radius 1 is 1.11 bits per heavy atom. The lowest BCUT2D eigenvalue weighted by Crippen LogP contribution is -2.54. The van der Waals surface area contributed by atoms with Gasteiger partial charge in [-0.2, -0.15) is 5.10 Å². The highest BCUT2D eigenvalue weighted by Crippen LogP contribution is 2.34. The van der Waals surface area contributed by atoms with Crippen molar-refractivity contribution in [2.45, 2.75) is 32.6 Å². The fourth-order valence-corrected chi connectivity index (χ4v) is 5.50. The first kappa shape index (κ1) is 39.6. The van der Waals surface area contributed by atoms with Gasteiger partial charge in [-0.15, -0.1) is 6.58 Å². The fraction of sp³-hybridized carbons (Fsp3) is 0.514. The molecule has 2 amide bonds. The van der Waals surface area contributed by atoms with E-state index < -0.39 is 10.0 Å². The standard InChI is InChI=1S/C25H40ClN5O3S.C6H5Cl.C4H8/c1-28(2)12-7-13-31-24(32)18-29-17-20(10-11-23(29)27-31)25(33)30(19-34-14-15-35(3,4)5)22-9-6-8-21(26)16-22;7-6-4-2-1-3-5-6;1-3-4-2/h6,8-9,16,20H,7,10-15,17-19H2,1-5H3;1-5H;3H,1,4H2,2H3. The predicted octanol–water partition coefficient (Wildman–Crippen LogP) is 7.08. The summed E-state index contributed by atoms with van der Waals surface area (Å²) in [5, 5.41) is 7.59. The number of halogens is 2. The minimum Gasteiger partial charge on any atom is -0.360 e. The summed E-state index contributed by atoms with van der Waals surface area (Å²) in [5.74, 6) is 1.63. The van der Waals surface area contributed by atoms with E-state index >= 15 is 0 Å². The molecular weight excluding hydrogens is 641 g/mol. The van der Waals surface area contributed by atoms with E-state index in [1.165, 1.54) is 0 Å². The number of amides is 2. The summed E-state index contributed by atoms with van der Waals surface area (Å²) in [6.45, 7) is 8.62. The second-order valence-corrected chi connectivity index (χ2v) is 17.8. The quantitative estimate of drug-likeness (QED) is 0.135. The molecule has 0 radical (unpaired) electrons. The molecule has 8 nitrogen and oxygen atoms in total. The van der Waals surface area contributed by atoms with Crippen LogP contribution in [0, 0.1) is 5.92 Å². The zero-order valence-corrected chi connectivity index (χ0v) is 30.8. The largest absolute Gasteiger partial charge is 0.360 e. The van der Waals surface area contributed by atoms with E-state index in [1.807, 2.05) is 67.5 Å². The second kappa shape index (κ2) is 20.6. The van der Waals surface area contributed by atoms with Crippen molar-refractivity contribution in [1.29, 1.82) is 0 Å². The molecule has 2 heterocycles. The third-order valence-electron chi connectivity index (χ3n) is 7.16. The topological polar surface area (TPSA) is 68.7 Å². The average Bonchev–Trinajstić information content (AvgIpc) is 3.01. The van der Waals surface area contributed by atoms with Gasteiger partial charge >= 0.3 is 0 Å². The van der Waals surface area contributed by atoms with Crippen LogP contribution in [0.2, 0.25) is 10.0 Å². The second-order valence-electron chi connectivity index (χ2n) is 12.4. The van der Waals surface area contributed by atoms with Gasteiger partial charge in [-0.25, -0.2) is 15.0 Å². The van der Waals surface area contributed by atoms with Crippen LogP contribution < -0.4 is 4.90 Å². The third-order valence-corrected chi connectivity index (χ3v) is 9.04. The summed E-state index contributed by atoms with van der Waals surface area (Å²) in [5.41, 5.74) is 0.729. The van der Waals surface area contributed by atoms with Gasteiger partial charge in [0, 0.05) is 41.0 Å². The summed E-state index contributed by atoms with van der Waals surface area (Å²) < 4.78 is 5.95. The molecule has 2 aliphatic heterocycles. The zero-order chi connectivity index (χ0) is 34.1. The van der Waals surface area contributed by atoms with E-state index in [9.17, 15) is 9.59 Å². The number of carbonyl (C=O) groups is 2. The number of benzene rings is 2. The minimum atomic E-state index is -0.675. The number of allylic oxidation sites excluding steroid dienone is 1. The van der Waals surface area contributed by atoms with Gasteiger partial charge in [0.2, 0.25) is 5.91 Å². The van der Waals surface area contributed by atoms with Crippen molar-refractivity contribution in [3.63, 3.8) is 0 Å². The Bertz CT molecular complexity index is 1260. The molecule has 0 aromatic heterocycles. The summed E-state index contributed by atoms with van der Waals surface area (Å²) >= 11 is 11.8. The average molecular weight is 695 g/mol. The first-order valence-corrected chi connectivity index (χ1v) is 19.5. The Morgan fingerprint density at radius 2 is 1.78 bits per heavy atom. The molecular formula is C35H53Cl2N5O3S. The van der Waals surface area contributed by atoms with Crippen molar-refractivity contribution >= 4 is 56.6 Å². The lowest BCUT2D eigenvalue weighted by atomic mass is 9.95. The predicted molar refractivity (Wildman–Crippen MR) is 199 cm³/mol. The van der Waals surface area contributed by atoms with Crippen LogP contribution in [0.1, 0.15) is 32.6 Å². The Morgan fingerprint density at radius 3 is 2.35 bits per heavy atom. The Labute approximate surface area is 288 Å². The number of amidine groups is 1. The number of hydrogen-bond donors (Lipinski definition) is 0. The number of nitrogens with zero attached hydrogens (tertiary/aromatic N) is 5. The van der Waals surface area contributed by atoms with Gasteiger partial charge < -0.3 is 14.5 Å². The van der Waals surface area contributed by atoms with Crippen LogP contribution in [0.3, 0.4) is 0 Å². The Hall–Kier alpha value is -2.56. The lowest BCUT2D eigenvalue weighted by Gasteiger charge is -2.40. The molecule has 2 aromatic rings. The van der Waals surface area contributed by atoms with Crippen LogP contribution in [0.25, 0.3) is 0 Å². The van der Waals surface area contributed by atoms with E-state index in [4.69, 9.17) is 27.9 Å². The Kier molecular flexibility index (Phi) is 17.8. The normalized spacial score (nSPS) is 16.3. The maximum absolute atomic E-state index is 13.7. The molecule has 46 heavy (non-hydrogen) atoms. The molecule has 2 aromatic carbocycles. The zero-order valence-electron chi connectivity index (χ0n) is 28.5. The number of anilines is 1. The summed E-state index contributed by atoms with van der Waals surface area (Å²) in [6.07, 6.45) is 12.0. The molecule has 2 aliphatic rings. The van der Waals surface area contributed by atoms with Gasteiger partial charge in [-0.1, -0.05) is 60.5 Å².